The molecule has 0 bridgehead atoms. The Bertz CT molecular complexity index is 133. The van der Waals surface area contributed by atoms with Crippen molar-refractivity contribution >= 4 is 11.8 Å². The lowest BCUT2D eigenvalue weighted by molar-refractivity contribution is 0.494. The van der Waals surface area contributed by atoms with Gasteiger partial charge in [0.2, 0.25) is 0 Å². The van der Waals surface area contributed by atoms with Crippen molar-refractivity contribution in [1.29, 1.82) is 0 Å². The lowest BCUT2D eigenvalue weighted by atomic mass is 10.1. The maximum Gasteiger partial charge on any atom is 0.0381 e. The molecular formula is C8H15NS. The van der Waals surface area contributed by atoms with Crippen molar-refractivity contribution in [3.8, 4) is 0 Å². The molecule has 1 heterocycles. The Hall–Kier alpha value is -0.110. The molecule has 1 saturated heterocycles. The monoisotopic (exact) mass is 157 g/mol. The molecule has 1 rings (SSSR count). The first kappa shape index (κ1) is 7.99. The van der Waals surface area contributed by atoms with Gasteiger partial charge < -0.3 is 5.32 Å². The Kier molecular flexibility index (Phi) is 2.66. The third-order valence-electron chi connectivity index (χ3n) is 1.80. The van der Waals surface area contributed by atoms with Gasteiger partial charge in [-0.15, -0.1) is 0 Å². The predicted molar refractivity (Wildman–Crippen MR) is 48.2 cm³/mol. The minimum atomic E-state index is 0.669. The number of thioether (sulfide) groups is 1. The van der Waals surface area contributed by atoms with Crippen molar-refractivity contribution in [3.63, 3.8) is 0 Å². The fourth-order valence-electron chi connectivity index (χ4n) is 1.16. The molecule has 58 valence electrons. The van der Waals surface area contributed by atoms with Crippen LogP contribution in [0, 0.1) is 5.92 Å². The molecule has 0 aromatic heterocycles. The van der Waals surface area contributed by atoms with Gasteiger partial charge in [-0.25, -0.2) is 0 Å². The molecule has 2 heteroatoms. The summed E-state index contributed by atoms with van der Waals surface area (Å²) in [5, 5.41) is 3.38. The van der Waals surface area contributed by atoms with Crippen LogP contribution in [0.1, 0.15) is 13.8 Å². The van der Waals surface area contributed by atoms with Crippen LogP contribution in [0.5, 0.6) is 0 Å². The minimum Gasteiger partial charge on any atom is -0.385 e. The minimum absolute atomic E-state index is 0.669. The highest BCUT2D eigenvalue weighted by Crippen LogP contribution is 2.23. The van der Waals surface area contributed by atoms with Crippen LogP contribution in [0.15, 0.2) is 12.3 Å². The SMILES string of the molecule is C=C(C)NC1CSCC1C. The molecular weight excluding hydrogens is 142 g/mol. The highest BCUT2D eigenvalue weighted by molar-refractivity contribution is 7.99. The smallest absolute Gasteiger partial charge is 0.0381 e. The topological polar surface area (TPSA) is 12.0 Å². The van der Waals surface area contributed by atoms with Gasteiger partial charge in [-0.3, -0.25) is 0 Å². The third-order valence-corrected chi connectivity index (χ3v) is 3.15. The molecule has 0 aliphatic carbocycles. The molecule has 0 aromatic carbocycles. The first-order valence-corrected chi connectivity index (χ1v) is 4.85. The largest absolute Gasteiger partial charge is 0.385 e. The summed E-state index contributed by atoms with van der Waals surface area (Å²) in [6, 6.07) is 0.669. The van der Waals surface area contributed by atoms with Crippen molar-refractivity contribution in [2.24, 2.45) is 5.92 Å². The average molecular weight is 157 g/mol. The first-order chi connectivity index (χ1) is 4.70. The van der Waals surface area contributed by atoms with E-state index < -0.39 is 0 Å². The van der Waals surface area contributed by atoms with Crippen LogP contribution in [0.4, 0.5) is 0 Å². The van der Waals surface area contributed by atoms with E-state index in [-0.39, 0.29) is 0 Å². The number of allylic oxidation sites excluding steroid dienone is 1. The quantitative estimate of drug-likeness (QED) is 0.656. The molecule has 0 radical (unpaired) electrons. The lowest BCUT2D eigenvalue weighted by Crippen LogP contribution is -2.32. The number of hydrogen-bond acceptors (Lipinski definition) is 2. The zero-order valence-electron chi connectivity index (χ0n) is 6.68. The second-order valence-corrected chi connectivity index (χ2v) is 4.12. The van der Waals surface area contributed by atoms with E-state index in [0.29, 0.717) is 6.04 Å². The van der Waals surface area contributed by atoms with Gasteiger partial charge in [0.15, 0.2) is 0 Å². The van der Waals surface area contributed by atoms with Crippen LogP contribution in [-0.4, -0.2) is 17.5 Å². The van der Waals surface area contributed by atoms with Crippen molar-refractivity contribution in [1.82, 2.24) is 5.32 Å². The Labute approximate surface area is 67.3 Å². The summed E-state index contributed by atoms with van der Waals surface area (Å²) >= 11 is 2.03. The summed E-state index contributed by atoms with van der Waals surface area (Å²) in [5.74, 6) is 3.35. The predicted octanol–water partition coefficient (Wildman–Crippen LogP) is 1.86. The molecule has 0 saturated carbocycles. The molecule has 10 heavy (non-hydrogen) atoms. The zero-order chi connectivity index (χ0) is 7.56. The zero-order valence-corrected chi connectivity index (χ0v) is 7.50. The van der Waals surface area contributed by atoms with Crippen molar-refractivity contribution in [3.05, 3.63) is 12.3 Å². The molecule has 1 fully saturated rings. The van der Waals surface area contributed by atoms with E-state index in [0.717, 1.165) is 11.6 Å². The van der Waals surface area contributed by atoms with Gasteiger partial charge >= 0.3 is 0 Å². The van der Waals surface area contributed by atoms with Crippen molar-refractivity contribution in [2.75, 3.05) is 11.5 Å². The van der Waals surface area contributed by atoms with Crippen LogP contribution in [0.2, 0.25) is 0 Å². The van der Waals surface area contributed by atoms with Gasteiger partial charge in [0, 0.05) is 17.5 Å². The molecule has 1 nitrogen and oxygen atoms in total. The van der Waals surface area contributed by atoms with E-state index in [2.05, 4.69) is 18.8 Å². The normalized spacial score (nSPS) is 32.2. The fraction of sp³-hybridized carbons (Fsp3) is 0.750. The Morgan fingerprint density at radius 2 is 2.30 bits per heavy atom. The third kappa shape index (κ3) is 1.94. The van der Waals surface area contributed by atoms with Crippen LogP contribution in [0.3, 0.4) is 0 Å². The van der Waals surface area contributed by atoms with E-state index in [4.69, 9.17) is 0 Å². The number of hydrogen-bond donors (Lipinski definition) is 1. The van der Waals surface area contributed by atoms with Gasteiger partial charge in [-0.2, -0.15) is 11.8 Å². The molecule has 2 atom stereocenters. The van der Waals surface area contributed by atoms with Crippen LogP contribution in [0.25, 0.3) is 0 Å². The second kappa shape index (κ2) is 3.33. The summed E-state index contributed by atoms with van der Waals surface area (Å²) in [4.78, 5) is 0. The van der Waals surface area contributed by atoms with Gasteiger partial charge in [-0.05, 0) is 18.6 Å². The Morgan fingerprint density at radius 1 is 1.60 bits per heavy atom. The highest BCUT2D eigenvalue weighted by atomic mass is 32.2. The molecule has 2 unspecified atom stereocenters. The molecule has 0 amide bonds. The summed E-state index contributed by atoms with van der Waals surface area (Å²) in [6.07, 6.45) is 0. The standard InChI is InChI=1S/C8H15NS/c1-6(2)9-8-5-10-4-7(8)3/h7-9H,1,4-5H2,2-3H3. The van der Waals surface area contributed by atoms with Crippen LogP contribution in [-0.2, 0) is 0 Å². The maximum atomic E-state index is 3.83. The highest BCUT2D eigenvalue weighted by Gasteiger charge is 2.22. The maximum absolute atomic E-state index is 3.83. The van der Waals surface area contributed by atoms with E-state index in [1.54, 1.807) is 0 Å². The molecule has 0 aromatic rings. The number of rotatable bonds is 2. The Balaban J connectivity index is 2.33. The lowest BCUT2D eigenvalue weighted by Gasteiger charge is -2.16. The molecule has 1 aliphatic heterocycles. The summed E-state index contributed by atoms with van der Waals surface area (Å²) in [5.41, 5.74) is 1.10. The van der Waals surface area contributed by atoms with E-state index in [1.807, 2.05) is 18.7 Å². The molecule has 1 aliphatic rings. The van der Waals surface area contributed by atoms with E-state index in [9.17, 15) is 0 Å². The van der Waals surface area contributed by atoms with E-state index >= 15 is 0 Å². The number of nitrogens with one attached hydrogen (secondary N) is 1. The summed E-state index contributed by atoms with van der Waals surface area (Å²) < 4.78 is 0. The van der Waals surface area contributed by atoms with Crippen molar-refractivity contribution < 1.29 is 0 Å². The van der Waals surface area contributed by atoms with Gasteiger partial charge in [0.05, 0.1) is 0 Å². The Morgan fingerprint density at radius 3 is 2.70 bits per heavy atom. The first-order valence-electron chi connectivity index (χ1n) is 3.70. The molecule has 1 N–H and O–H groups in total. The van der Waals surface area contributed by atoms with Crippen LogP contribution >= 0.6 is 11.8 Å². The van der Waals surface area contributed by atoms with Crippen LogP contribution < -0.4 is 5.32 Å². The second-order valence-electron chi connectivity index (χ2n) is 3.05. The van der Waals surface area contributed by atoms with Gasteiger partial charge in [0.25, 0.3) is 0 Å². The molecule has 0 spiro atoms. The van der Waals surface area contributed by atoms with E-state index in [1.165, 1.54) is 11.5 Å². The average Bonchev–Trinajstić information content (AvgIpc) is 2.15. The summed E-state index contributed by atoms with van der Waals surface area (Å²) in [7, 11) is 0. The van der Waals surface area contributed by atoms with Crippen molar-refractivity contribution in [2.45, 2.75) is 19.9 Å². The van der Waals surface area contributed by atoms with Gasteiger partial charge in [0.1, 0.15) is 0 Å². The summed E-state index contributed by atoms with van der Waals surface area (Å²) in [6.45, 7) is 8.15. The van der Waals surface area contributed by atoms with Gasteiger partial charge in [-0.1, -0.05) is 13.5 Å². The fourth-order valence-corrected chi connectivity index (χ4v) is 2.57.